The molecule has 2 saturated carbocycles. The van der Waals surface area contributed by atoms with Crippen molar-refractivity contribution in [3.63, 3.8) is 0 Å². The van der Waals surface area contributed by atoms with Crippen molar-refractivity contribution in [2.45, 2.75) is 83.3 Å². The number of carbonyl (C=O) groups is 1. The SMILES string of the molecule is CCCCNc1ncc(-c2ccc(NC(=O)C3CCCC3)cn2)c(N[C@H]2CC[C@H](O)CC2)n1. The summed E-state index contributed by atoms with van der Waals surface area (Å²) in [7, 11) is 0. The summed E-state index contributed by atoms with van der Waals surface area (Å²) in [6.45, 7) is 2.99. The standard InChI is InChI=1S/C25H36N6O2/c1-2-3-14-26-25-28-16-21(23(31-25)29-18-8-11-20(32)12-9-18)22-13-10-19(15-27-22)30-24(33)17-6-4-5-7-17/h10,13,15-18,20,32H,2-9,11-12,14H2,1H3,(H,30,33)(H2,26,28,29,31)/t18-,20-. The molecule has 0 radical (unpaired) electrons. The number of aliphatic hydroxyl groups is 1. The molecule has 2 aliphatic rings. The van der Waals surface area contributed by atoms with Crippen LogP contribution < -0.4 is 16.0 Å². The summed E-state index contributed by atoms with van der Waals surface area (Å²) in [5.41, 5.74) is 2.30. The second-order valence-electron chi connectivity index (χ2n) is 9.29. The van der Waals surface area contributed by atoms with E-state index in [9.17, 15) is 9.90 Å². The molecule has 0 unspecified atom stereocenters. The van der Waals surface area contributed by atoms with Crippen LogP contribution in [0.1, 0.15) is 71.1 Å². The first-order chi connectivity index (χ1) is 16.1. The highest BCUT2D eigenvalue weighted by Gasteiger charge is 2.23. The Morgan fingerprint density at radius 3 is 2.55 bits per heavy atom. The topological polar surface area (TPSA) is 112 Å². The Morgan fingerprint density at radius 2 is 1.85 bits per heavy atom. The number of aliphatic hydroxyl groups excluding tert-OH is 1. The van der Waals surface area contributed by atoms with Gasteiger partial charge in [0.25, 0.3) is 0 Å². The molecule has 0 atom stereocenters. The fourth-order valence-corrected chi connectivity index (χ4v) is 4.61. The lowest BCUT2D eigenvalue weighted by Gasteiger charge is -2.27. The van der Waals surface area contributed by atoms with Crippen LogP contribution in [0, 0.1) is 5.92 Å². The first-order valence-corrected chi connectivity index (χ1v) is 12.4. The lowest BCUT2D eigenvalue weighted by Crippen LogP contribution is -2.29. The first-order valence-electron chi connectivity index (χ1n) is 12.4. The van der Waals surface area contributed by atoms with Crippen molar-refractivity contribution in [1.29, 1.82) is 0 Å². The predicted molar refractivity (Wildman–Crippen MR) is 131 cm³/mol. The van der Waals surface area contributed by atoms with Crippen LogP contribution in [0.3, 0.4) is 0 Å². The zero-order chi connectivity index (χ0) is 23.0. The molecule has 178 valence electrons. The minimum atomic E-state index is -0.201. The lowest BCUT2D eigenvalue weighted by molar-refractivity contribution is -0.119. The highest BCUT2D eigenvalue weighted by atomic mass is 16.3. The van der Waals surface area contributed by atoms with E-state index in [-0.39, 0.29) is 24.0 Å². The molecule has 8 nitrogen and oxygen atoms in total. The minimum absolute atomic E-state index is 0.0923. The van der Waals surface area contributed by atoms with Crippen LogP contribution in [0.5, 0.6) is 0 Å². The van der Waals surface area contributed by atoms with Crippen LogP contribution in [0.2, 0.25) is 0 Å². The fourth-order valence-electron chi connectivity index (χ4n) is 4.61. The van der Waals surface area contributed by atoms with Crippen LogP contribution in [-0.4, -0.2) is 44.7 Å². The number of anilines is 3. The molecule has 2 aliphatic carbocycles. The Kier molecular flexibility index (Phi) is 8.10. The van der Waals surface area contributed by atoms with Gasteiger partial charge in [-0.3, -0.25) is 9.78 Å². The summed E-state index contributed by atoms with van der Waals surface area (Å²) in [6, 6.07) is 4.06. The predicted octanol–water partition coefficient (Wildman–Crippen LogP) is 4.59. The van der Waals surface area contributed by atoms with Crippen LogP contribution in [0.25, 0.3) is 11.3 Å². The van der Waals surface area contributed by atoms with Crippen molar-refractivity contribution < 1.29 is 9.90 Å². The molecule has 8 heteroatoms. The Labute approximate surface area is 196 Å². The first kappa shape index (κ1) is 23.4. The zero-order valence-corrected chi connectivity index (χ0v) is 19.5. The molecule has 2 heterocycles. The van der Waals surface area contributed by atoms with Crippen LogP contribution >= 0.6 is 0 Å². The largest absolute Gasteiger partial charge is 0.393 e. The van der Waals surface area contributed by atoms with Gasteiger partial charge < -0.3 is 21.1 Å². The lowest BCUT2D eigenvalue weighted by atomic mass is 9.93. The Bertz CT molecular complexity index is 906. The number of hydrogen-bond acceptors (Lipinski definition) is 7. The van der Waals surface area contributed by atoms with E-state index in [4.69, 9.17) is 4.98 Å². The Balaban J connectivity index is 1.50. The molecule has 0 bridgehead atoms. The van der Waals surface area contributed by atoms with E-state index in [1.165, 1.54) is 0 Å². The third-order valence-corrected chi connectivity index (χ3v) is 6.67. The number of pyridine rings is 1. The van der Waals surface area contributed by atoms with E-state index in [1.54, 1.807) is 12.4 Å². The number of nitrogens with zero attached hydrogens (tertiary/aromatic N) is 3. The van der Waals surface area contributed by atoms with Gasteiger partial charge in [0.2, 0.25) is 11.9 Å². The maximum absolute atomic E-state index is 12.4. The molecular weight excluding hydrogens is 416 g/mol. The van der Waals surface area contributed by atoms with Gasteiger partial charge in [0, 0.05) is 24.7 Å². The van der Waals surface area contributed by atoms with E-state index < -0.39 is 0 Å². The number of carbonyl (C=O) groups excluding carboxylic acids is 1. The van der Waals surface area contributed by atoms with Crippen molar-refractivity contribution >= 4 is 23.4 Å². The molecule has 2 aromatic rings. The van der Waals surface area contributed by atoms with E-state index in [2.05, 4.69) is 32.8 Å². The quantitative estimate of drug-likeness (QED) is 0.412. The average Bonchev–Trinajstić information content (AvgIpc) is 3.37. The number of aromatic nitrogens is 3. The zero-order valence-electron chi connectivity index (χ0n) is 19.5. The van der Waals surface area contributed by atoms with Gasteiger partial charge in [-0.25, -0.2) is 4.98 Å². The average molecular weight is 453 g/mol. The second kappa shape index (κ2) is 11.4. The molecule has 0 spiro atoms. The summed E-state index contributed by atoms with van der Waals surface area (Å²) in [5.74, 6) is 1.57. The van der Waals surface area contributed by atoms with Gasteiger partial charge in [0.05, 0.1) is 29.2 Å². The fraction of sp³-hybridized carbons (Fsp3) is 0.600. The summed E-state index contributed by atoms with van der Waals surface area (Å²) < 4.78 is 0. The molecule has 2 aromatic heterocycles. The van der Waals surface area contributed by atoms with Crippen molar-refractivity contribution in [3.8, 4) is 11.3 Å². The summed E-state index contributed by atoms with van der Waals surface area (Å²) in [6.07, 6.45) is 13.1. The van der Waals surface area contributed by atoms with Gasteiger partial charge >= 0.3 is 0 Å². The smallest absolute Gasteiger partial charge is 0.227 e. The van der Waals surface area contributed by atoms with Crippen molar-refractivity contribution in [3.05, 3.63) is 24.5 Å². The third kappa shape index (κ3) is 6.41. The van der Waals surface area contributed by atoms with E-state index >= 15 is 0 Å². The molecule has 2 fully saturated rings. The Morgan fingerprint density at radius 1 is 1.06 bits per heavy atom. The number of rotatable bonds is 9. The second-order valence-corrected chi connectivity index (χ2v) is 9.29. The van der Waals surface area contributed by atoms with E-state index in [0.29, 0.717) is 11.6 Å². The van der Waals surface area contributed by atoms with Crippen LogP contribution in [-0.2, 0) is 4.79 Å². The van der Waals surface area contributed by atoms with Crippen molar-refractivity contribution in [2.75, 3.05) is 22.5 Å². The summed E-state index contributed by atoms with van der Waals surface area (Å²) in [4.78, 5) is 26.3. The van der Waals surface area contributed by atoms with Gasteiger partial charge in [-0.1, -0.05) is 26.2 Å². The molecular formula is C25H36N6O2. The molecule has 0 aliphatic heterocycles. The third-order valence-electron chi connectivity index (χ3n) is 6.67. The van der Waals surface area contributed by atoms with Crippen LogP contribution in [0.4, 0.5) is 17.5 Å². The monoisotopic (exact) mass is 452 g/mol. The Hall–Kier alpha value is -2.74. The highest BCUT2D eigenvalue weighted by Crippen LogP contribution is 2.30. The minimum Gasteiger partial charge on any atom is -0.393 e. The maximum Gasteiger partial charge on any atom is 0.227 e. The normalized spacial score (nSPS) is 21.0. The molecule has 33 heavy (non-hydrogen) atoms. The van der Waals surface area contributed by atoms with Crippen molar-refractivity contribution in [2.24, 2.45) is 5.92 Å². The van der Waals surface area contributed by atoms with E-state index in [0.717, 1.165) is 87.8 Å². The van der Waals surface area contributed by atoms with E-state index in [1.807, 2.05) is 12.1 Å². The van der Waals surface area contributed by atoms with Crippen molar-refractivity contribution in [1.82, 2.24) is 15.0 Å². The molecule has 0 saturated heterocycles. The number of unbranched alkanes of at least 4 members (excludes halogenated alkanes) is 1. The summed E-state index contributed by atoms with van der Waals surface area (Å²) >= 11 is 0. The highest BCUT2D eigenvalue weighted by molar-refractivity contribution is 5.92. The van der Waals surface area contributed by atoms with Gasteiger partial charge in [-0.15, -0.1) is 0 Å². The molecule has 0 aromatic carbocycles. The van der Waals surface area contributed by atoms with Gasteiger partial charge in [0.1, 0.15) is 5.82 Å². The van der Waals surface area contributed by atoms with Gasteiger partial charge in [-0.2, -0.15) is 4.98 Å². The number of nitrogens with one attached hydrogen (secondary N) is 3. The van der Waals surface area contributed by atoms with Gasteiger partial charge in [0.15, 0.2) is 0 Å². The van der Waals surface area contributed by atoms with Crippen LogP contribution in [0.15, 0.2) is 24.5 Å². The number of hydrogen-bond donors (Lipinski definition) is 4. The maximum atomic E-state index is 12.4. The van der Waals surface area contributed by atoms with Gasteiger partial charge in [-0.05, 0) is 57.1 Å². The number of amides is 1. The summed E-state index contributed by atoms with van der Waals surface area (Å²) in [5, 5.41) is 19.7. The molecule has 4 rings (SSSR count). The molecule has 1 amide bonds. The molecule has 4 N–H and O–H groups in total.